The first-order chi connectivity index (χ1) is 5.54. The van der Waals surface area contributed by atoms with Crippen molar-refractivity contribution < 1.29 is 4.39 Å². The van der Waals surface area contributed by atoms with E-state index in [0.29, 0.717) is 5.56 Å². The number of halogens is 3. The van der Waals surface area contributed by atoms with E-state index in [4.69, 9.17) is 0 Å². The molecule has 1 atom stereocenters. The SMILES string of the molecule is CC(I)c1c(Br)c(F)c[nH]c1=O. The summed E-state index contributed by atoms with van der Waals surface area (Å²) in [5.74, 6) is -0.437. The van der Waals surface area contributed by atoms with E-state index in [1.54, 1.807) is 0 Å². The van der Waals surface area contributed by atoms with Crippen molar-refractivity contribution in [3.63, 3.8) is 0 Å². The summed E-state index contributed by atoms with van der Waals surface area (Å²) in [5.41, 5.74) is 0.195. The van der Waals surface area contributed by atoms with Crippen LogP contribution in [-0.4, -0.2) is 4.98 Å². The van der Waals surface area contributed by atoms with Crippen LogP contribution in [0, 0.1) is 5.82 Å². The lowest BCUT2D eigenvalue weighted by Crippen LogP contribution is -2.14. The van der Waals surface area contributed by atoms with Crippen LogP contribution in [-0.2, 0) is 0 Å². The highest BCUT2D eigenvalue weighted by atomic mass is 127. The topological polar surface area (TPSA) is 32.9 Å². The normalized spacial score (nSPS) is 13.0. The second kappa shape index (κ2) is 3.87. The molecular weight excluding hydrogens is 340 g/mol. The van der Waals surface area contributed by atoms with Gasteiger partial charge in [0.05, 0.1) is 4.47 Å². The summed E-state index contributed by atoms with van der Waals surface area (Å²) in [6.07, 6.45) is 1.05. The van der Waals surface area contributed by atoms with Gasteiger partial charge in [0.2, 0.25) is 0 Å². The van der Waals surface area contributed by atoms with E-state index in [1.165, 1.54) is 0 Å². The minimum Gasteiger partial charge on any atom is -0.326 e. The molecule has 0 saturated carbocycles. The number of rotatable bonds is 1. The predicted molar refractivity (Wildman–Crippen MR) is 57.2 cm³/mol. The van der Waals surface area contributed by atoms with E-state index in [2.05, 4.69) is 43.5 Å². The van der Waals surface area contributed by atoms with E-state index in [0.717, 1.165) is 6.20 Å². The fourth-order valence-electron chi connectivity index (χ4n) is 0.854. The van der Waals surface area contributed by atoms with Gasteiger partial charge in [-0.05, 0) is 22.9 Å². The standard InChI is InChI=1S/C7H6BrFINO/c1-3(10)5-6(8)4(9)2-11-7(5)12/h2-3H,1H3,(H,11,12). The number of hydrogen-bond acceptors (Lipinski definition) is 1. The summed E-state index contributed by atoms with van der Waals surface area (Å²) in [6, 6.07) is 0. The smallest absolute Gasteiger partial charge is 0.253 e. The summed E-state index contributed by atoms with van der Waals surface area (Å²) in [6.45, 7) is 1.83. The Balaban J connectivity index is 3.43. The van der Waals surface area contributed by atoms with Crippen molar-refractivity contribution in [2.24, 2.45) is 0 Å². The highest BCUT2D eigenvalue weighted by Gasteiger charge is 2.13. The molecule has 1 N–H and O–H groups in total. The lowest BCUT2D eigenvalue weighted by molar-refractivity contribution is 0.609. The number of alkyl halides is 1. The summed E-state index contributed by atoms with van der Waals surface area (Å²) in [7, 11) is 0. The highest BCUT2D eigenvalue weighted by molar-refractivity contribution is 14.1. The van der Waals surface area contributed by atoms with Crippen molar-refractivity contribution in [1.82, 2.24) is 4.98 Å². The zero-order valence-corrected chi connectivity index (χ0v) is 9.94. The van der Waals surface area contributed by atoms with Gasteiger partial charge in [0.25, 0.3) is 5.56 Å². The van der Waals surface area contributed by atoms with Gasteiger partial charge < -0.3 is 4.98 Å². The second-order valence-electron chi connectivity index (χ2n) is 2.31. The van der Waals surface area contributed by atoms with E-state index < -0.39 is 5.82 Å². The third kappa shape index (κ3) is 1.87. The molecule has 0 amide bonds. The molecular formula is C7H6BrFINO. The van der Waals surface area contributed by atoms with Gasteiger partial charge in [0.15, 0.2) is 5.82 Å². The number of aromatic amines is 1. The molecule has 0 aliphatic heterocycles. The molecule has 0 bridgehead atoms. The van der Waals surface area contributed by atoms with Crippen molar-refractivity contribution in [2.45, 2.75) is 10.8 Å². The van der Waals surface area contributed by atoms with Gasteiger partial charge in [-0.1, -0.05) is 22.6 Å². The molecule has 1 rings (SSSR count). The van der Waals surface area contributed by atoms with E-state index in [9.17, 15) is 9.18 Å². The van der Waals surface area contributed by atoms with Crippen molar-refractivity contribution >= 4 is 38.5 Å². The molecule has 0 aliphatic rings. The molecule has 0 fully saturated rings. The van der Waals surface area contributed by atoms with Gasteiger partial charge in [-0.2, -0.15) is 0 Å². The number of H-pyrrole nitrogens is 1. The van der Waals surface area contributed by atoms with Crippen molar-refractivity contribution in [2.75, 3.05) is 0 Å². The number of nitrogens with one attached hydrogen (secondary N) is 1. The van der Waals surface area contributed by atoms with Crippen LogP contribution in [0.3, 0.4) is 0 Å². The van der Waals surface area contributed by atoms with E-state index in [-0.39, 0.29) is 14.0 Å². The fraction of sp³-hybridized carbons (Fsp3) is 0.286. The Hall–Kier alpha value is 0.0900. The van der Waals surface area contributed by atoms with E-state index in [1.807, 2.05) is 6.92 Å². The van der Waals surface area contributed by atoms with Crippen LogP contribution in [0.25, 0.3) is 0 Å². The molecule has 0 aliphatic carbocycles. The van der Waals surface area contributed by atoms with Crippen molar-refractivity contribution in [3.8, 4) is 0 Å². The lowest BCUT2D eigenvalue weighted by Gasteiger charge is -2.04. The molecule has 1 heterocycles. The molecule has 2 nitrogen and oxygen atoms in total. The summed E-state index contributed by atoms with van der Waals surface area (Å²) >= 11 is 5.09. The molecule has 0 spiro atoms. The van der Waals surface area contributed by atoms with Crippen molar-refractivity contribution in [1.29, 1.82) is 0 Å². The Kier molecular flexibility index (Phi) is 3.28. The molecule has 1 aromatic rings. The zero-order chi connectivity index (χ0) is 9.30. The van der Waals surface area contributed by atoms with Gasteiger partial charge in [0, 0.05) is 15.7 Å². The van der Waals surface area contributed by atoms with Crippen LogP contribution in [0.2, 0.25) is 0 Å². The molecule has 0 saturated heterocycles. The summed E-state index contributed by atoms with van der Waals surface area (Å²) in [4.78, 5) is 13.5. The summed E-state index contributed by atoms with van der Waals surface area (Å²) in [5, 5.41) is 0. The maximum absolute atomic E-state index is 12.9. The van der Waals surface area contributed by atoms with Crippen LogP contribution in [0.15, 0.2) is 15.5 Å². The third-order valence-electron chi connectivity index (χ3n) is 1.42. The largest absolute Gasteiger partial charge is 0.326 e. The Labute approximate surface area is 90.8 Å². The maximum Gasteiger partial charge on any atom is 0.253 e. The molecule has 66 valence electrons. The average Bonchev–Trinajstić information content (AvgIpc) is 1.97. The van der Waals surface area contributed by atoms with Crippen LogP contribution in [0.5, 0.6) is 0 Å². The average molecular weight is 346 g/mol. The van der Waals surface area contributed by atoms with Crippen LogP contribution >= 0.6 is 38.5 Å². The Morgan fingerprint density at radius 2 is 2.33 bits per heavy atom. The first-order valence-electron chi connectivity index (χ1n) is 3.24. The monoisotopic (exact) mass is 345 g/mol. The lowest BCUT2D eigenvalue weighted by atomic mass is 10.2. The first kappa shape index (κ1) is 10.2. The number of hydrogen-bond donors (Lipinski definition) is 1. The number of aromatic nitrogens is 1. The van der Waals surface area contributed by atoms with E-state index >= 15 is 0 Å². The summed E-state index contributed by atoms with van der Waals surface area (Å²) < 4.78 is 13.1. The number of pyridine rings is 1. The van der Waals surface area contributed by atoms with Crippen molar-refractivity contribution in [3.05, 3.63) is 32.4 Å². The fourth-order valence-corrected chi connectivity index (χ4v) is 2.51. The van der Waals surface area contributed by atoms with Crippen LogP contribution < -0.4 is 5.56 Å². The first-order valence-corrected chi connectivity index (χ1v) is 5.28. The van der Waals surface area contributed by atoms with Gasteiger partial charge in [-0.15, -0.1) is 0 Å². The Bertz CT molecular complexity index is 350. The molecule has 12 heavy (non-hydrogen) atoms. The maximum atomic E-state index is 12.9. The van der Waals surface area contributed by atoms with Crippen LogP contribution in [0.4, 0.5) is 4.39 Å². The minimum absolute atomic E-state index is 0.0172. The molecule has 5 heteroatoms. The Morgan fingerprint density at radius 1 is 1.75 bits per heavy atom. The molecule has 0 aromatic carbocycles. The highest BCUT2D eigenvalue weighted by Crippen LogP contribution is 2.27. The van der Waals surface area contributed by atoms with Crippen LogP contribution in [0.1, 0.15) is 16.4 Å². The van der Waals surface area contributed by atoms with Gasteiger partial charge in [-0.25, -0.2) is 4.39 Å². The molecule has 1 aromatic heterocycles. The molecule has 1 unspecified atom stereocenters. The van der Waals surface area contributed by atoms with Gasteiger partial charge >= 0.3 is 0 Å². The van der Waals surface area contributed by atoms with Gasteiger partial charge in [-0.3, -0.25) is 4.79 Å². The third-order valence-corrected chi connectivity index (χ3v) is 2.85. The Morgan fingerprint density at radius 3 is 2.75 bits per heavy atom. The predicted octanol–water partition coefficient (Wildman–Crippen LogP) is 2.77. The zero-order valence-electron chi connectivity index (χ0n) is 6.20. The second-order valence-corrected chi connectivity index (χ2v) is 4.97. The van der Waals surface area contributed by atoms with Gasteiger partial charge in [0.1, 0.15) is 0 Å². The quantitative estimate of drug-likeness (QED) is 0.616. The molecule has 0 radical (unpaired) electrons. The minimum atomic E-state index is -0.437.